The SMILES string of the molecule is CC(C)CNCc1cccc(N(C)C2CCN(C)CC2)n1. The first-order chi connectivity index (χ1) is 10.1. The summed E-state index contributed by atoms with van der Waals surface area (Å²) in [7, 11) is 4.39. The summed E-state index contributed by atoms with van der Waals surface area (Å²) in [5.74, 6) is 1.78. The molecule has 1 N–H and O–H groups in total. The zero-order valence-electron chi connectivity index (χ0n) is 14.0. The van der Waals surface area contributed by atoms with E-state index in [1.165, 1.54) is 25.9 Å². The molecule has 0 radical (unpaired) electrons. The zero-order chi connectivity index (χ0) is 15.2. The third-order valence-electron chi connectivity index (χ3n) is 4.25. The smallest absolute Gasteiger partial charge is 0.128 e. The normalized spacial score (nSPS) is 17.4. The summed E-state index contributed by atoms with van der Waals surface area (Å²) in [4.78, 5) is 9.58. The largest absolute Gasteiger partial charge is 0.357 e. The standard InChI is InChI=1S/C17H30N4/c1-14(2)12-18-13-15-6-5-7-17(19-15)21(4)16-8-10-20(3)11-9-16/h5-7,14,16,18H,8-13H2,1-4H3. The van der Waals surface area contributed by atoms with Crippen LogP contribution in [0.4, 0.5) is 5.82 Å². The minimum Gasteiger partial charge on any atom is -0.357 e. The molecule has 4 heteroatoms. The van der Waals surface area contributed by atoms with E-state index in [1.807, 2.05) is 0 Å². The van der Waals surface area contributed by atoms with Crippen molar-refractivity contribution < 1.29 is 0 Å². The van der Waals surface area contributed by atoms with Gasteiger partial charge in [0.2, 0.25) is 0 Å². The summed E-state index contributed by atoms with van der Waals surface area (Å²) >= 11 is 0. The van der Waals surface area contributed by atoms with Crippen molar-refractivity contribution in [2.45, 2.75) is 39.3 Å². The minimum absolute atomic E-state index is 0.618. The van der Waals surface area contributed by atoms with Crippen molar-refractivity contribution in [3.8, 4) is 0 Å². The molecule has 1 aromatic rings. The van der Waals surface area contributed by atoms with Gasteiger partial charge >= 0.3 is 0 Å². The van der Waals surface area contributed by atoms with Gasteiger partial charge in [0.15, 0.2) is 0 Å². The highest BCUT2D eigenvalue weighted by Gasteiger charge is 2.21. The van der Waals surface area contributed by atoms with Gasteiger partial charge in [-0.15, -0.1) is 0 Å². The number of hydrogen-bond acceptors (Lipinski definition) is 4. The second kappa shape index (κ2) is 7.76. The van der Waals surface area contributed by atoms with Crippen LogP contribution < -0.4 is 10.2 Å². The molecule has 2 heterocycles. The highest BCUT2D eigenvalue weighted by atomic mass is 15.2. The molecule has 4 nitrogen and oxygen atoms in total. The number of pyridine rings is 1. The van der Waals surface area contributed by atoms with Crippen molar-refractivity contribution in [3.63, 3.8) is 0 Å². The van der Waals surface area contributed by atoms with Gasteiger partial charge in [-0.25, -0.2) is 4.98 Å². The predicted molar refractivity (Wildman–Crippen MR) is 89.7 cm³/mol. The lowest BCUT2D eigenvalue weighted by molar-refractivity contribution is 0.252. The average Bonchev–Trinajstić information content (AvgIpc) is 2.47. The van der Waals surface area contributed by atoms with Gasteiger partial charge in [-0.2, -0.15) is 0 Å². The van der Waals surface area contributed by atoms with E-state index >= 15 is 0 Å². The van der Waals surface area contributed by atoms with Crippen LogP contribution in [0.1, 0.15) is 32.4 Å². The summed E-state index contributed by atoms with van der Waals surface area (Å²) in [6.45, 7) is 8.72. The van der Waals surface area contributed by atoms with E-state index in [0.29, 0.717) is 12.0 Å². The van der Waals surface area contributed by atoms with Crippen molar-refractivity contribution in [3.05, 3.63) is 23.9 Å². The lowest BCUT2D eigenvalue weighted by Crippen LogP contribution is -2.42. The molecule has 0 aromatic carbocycles. The molecule has 0 aliphatic carbocycles. The maximum atomic E-state index is 4.81. The van der Waals surface area contributed by atoms with Crippen LogP contribution in [0.5, 0.6) is 0 Å². The van der Waals surface area contributed by atoms with E-state index in [2.05, 4.69) is 61.3 Å². The molecule has 1 aliphatic heterocycles. The van der Waals surface area contributed by atoms with Gasteiger partial charge < -0.3 is 15.1 Å². The van der Waals surface area contributed by atoms with E-state index in [9.17, 15) is 0 Å². The van der Waals surface area contributed by atoms with Crippen molar-refractivity contribution in [2.75, 3.05) is 38.6 Å². The molecule has 1 aliphatic rings. The molecule has 1 saturated heterocycles. The number of anilines is 1. The summed E-state index contributed by atoms with van der Waals surface area (Å²) in [6, 6.07) is 6.98. The minimum atomic E-state index is 0.618. The topological polar surface area (TPSA) is 31.4 Å². The molecule has 2 rings (SSSR count). The first kappa shape index (κ1) is 16.2. The van der Waals surface area contributed by atoms with Crippen molar-refractivity contribution in [1.29, 1.82) is 0 Å². The average molecular weight is 290 g/mol. The second-order valence-corrected chi connectivity index (χ2v) is 6.66. The van der Waals surface area contributed by atoms with E-state index in [0.717, 1.165) is 24.6 Å². The molecule has 0 saturated carbocycles. The quantitative estimate of drug-likeness (QED) is 0.871. The van der Waals surface area contributed by atoms with Crippen molar-refractivity contribution in [1.82, 2.24) is 15.2 Å². The Hall–Kier alpha value is -1.13. The monoisotopic (exact) mass is 290 g/mol. The van der Waals surface area contributed by atoms with Crippen LogP contribution >= 0.6 is 0 Å². The van der Waals surface area contributed by atoms with Crippen LogP contribution in [0.3, 0.4) is 0 Å². The summed E-state index contributed by atoms with van der Waals surface area (Å²) < 4.78 is 0. The van der Waals surface area contributed by atoms with Gasteiger partial charge in [0.1, 0.15) is 5.82 Å². The maximum absolute atomic E-state index is 4.81. The van der Waals surface area contributed by atoms with Gasteiger partial charge in [-0.3, -0.25) is 0 Å². The molecule has 118 valence electrons. The van der Waals surface area contributed by atoms with Crippen molar-refractivity contribution >= 4 is 5.82 Å². The van der Waals surface area contributed by atoms with Gasteiger partial charge in [0, 0.05) is 19.6 Å². The number of nitrogens with zero attached hydrogens (tertiary/aromatic N) is 3. The number of rotatable bonds is 6. The Morgan fingerprint density at radius 1 is 1.33 bits per heavy atom. The van der Waals surface area contributed by atoms with E-state index < -0.39 is 0 Å². The Morgan fingerprint density at radius 3 is 2.71 bits per heavy atom. The second-order valence-electron chi connectivity index (χ2n) is 6.66. The maximum Gasteiger partial charge on any atom is 0.128 e. The molecular weight excluding hydrogens is 260 g/mol. The van der Waals surface area contributed by atoms with Crippen LogP contribution in [0.25, 0.3) is 0 Å². The van der Waals surface area contributed by atoms with Crippen LogP contribution in [0.15, 0.2) is 18.2 Å². The molecular formula is C17H30N4. The Balaban J connectivity index is 1.93. The number of aromatic nitrogens is 1. The summed E-state index contributed by atoms with van der Waals surface area (Å²) in [5, 5.41) is 3.46. The summed E-state index contributed by atoms with van der Waals surface area (Å²) in [6.07, 6.45) is 2.45. The van der Waals surface area contributed by atoms with E-state index in [4.69, 9.17) is 4.98 Å². The Labute approximate surface area is 129 Å². The Kier molecular flexibility index (Phi) is 6.00. The van der Waals surface area contributed by atoms with Crippen molar-refractivity contribution in [2.24, 2.45) is 5.92 Å². The highest BCUT2D eigenvalue weighted by Crippen LogP contribution is 2.20. The molecule has 21 heavy (non-hydrogen) atoms. The molecule has 1 fully saturated rings. The number of piperidine rings is 1. The lowest BCUT2D eigenvalue weighted by Gasteiger charge is -2.35. The third-order valence-corrected chi connectivity index (χ3v) is 4.25. The summed E-state index contributed by atoms with van der Waals surface area (Å²) in [5.41, 5.74) is 1.13. The van der Waals surface area contributed by atoms with Crippen LogP contribution in [-0.4, -0.2) is 49.7 Å². The fraction of sp³-hybridized carbons (Fsp3) is 0.706. The van der Waals surface area contributed by atoms with E-state index in [1.54, 1.807) is 0 Å². The molecule has 0 bridgehead atoms. The number of likely N-dealkylation sites (tertiary alicyclic amines) is 1. The van der Waals surface area contributed by atoms with Gasteiger partial charge in [0.05, 0.1) is 5.69 Å². The van der Waals surface area contributed by atoms with Crippen LogP contribution in [0.2, 0.25) is 0 Å². The molecule has 0 spiro atoms. The fourth-order valence-corrected chi connectivity index (χ4v) is 2.82. The van der Waals surface area contributed by atoms with Crippen LogP contribution in [-0.2, 0) is 6.54 Å². The highest BCUT2D eigenvalue weighted by molar-refractivity contribution is 5.39. The zero-order valence-corrected chi connectivity index (χ0v) is 14.0. The van der Waals surface area contributed by atoms with E-state index in [-0.39, 0.29) is 0 Å². The van der Waals surface area contributed by atoms with Gasteiger partial charge in [-0.05, 0) is 57.6 Å². The predicted octanol–water partition coefficient (Wildman–Crippen LogP) is 2.36. The number of hydrogen-bond donors (Lipinski definition) is 1. The Morgan fingerprint density at radius 2 is 2.05 bits per heavy atom. The van der Waals surface area contributed by atoms with Gasteiger partial charge in [0.25, 0.3) is 0 Å². The molecule has 0 atom stereocenters. The fourth-order valence-electron chi connectivity index (χ4n) is 2.82. The number of nitrogens with one attached hydrogen (secondary N) is 1. The van der Waals surface area contributed by atoms with Crippen LogP contribution in [0, 0.1) is 5.92 Å². The molecule has 0 unspecified atom stereocenters. The molecule has 0 amide bonds. The first-order valence-corrected chi connectivity index (χ1v) is 8.14. The third kappa shape index (κ3) is 4.97. The lowest BCUT2D eigenvalue weighted by atomic mass is 10.0. The molecule has 1 aromatic heterocycles. The Bertz CT molecular complexity index is 425. The van der Waals surface area contributed by atoms with Gasteiger partial charge in [-0.1, -0.05) is 19.9 Å². The first-order valence-electron chi connectivity index (χ1n) is 8.14.